The first-order chi connectivity index (χ1) is 13.6. The third-order valence-electron chi connectivity index (χ3n) is 4.00. The highest BCUT2D eigenvalue weighted by atomic mass is 79.9. The Balaban J connectivity index is 1.38. The van der Waals surface area contributed by atoms with Crippen molar-refractivity contribution in [1.29, 1.82) is 0 Å². The van der Waals surface area contributed by atoms with Gasteiger partial charge in [0.1, 0.15) is 12.3 Å². The standard InChI is InChI=1S/C19H14BrN3O5/c20-13-5-3-4-12(8-13)19-21-16(28-22-19)10-27-18(25)9-23-14-6-1-2-7-15(14)26-11-17(23)24/h1-8H,9-11H2. The summed E-state index contributed by atoms with van der Waals surface area (Å²) < 4.78 is 16.5. The molecule has 1 amide bonds. The van der Waals surface area contributed by atoms with Crippen LogP contribution in [0.25, 0.3) is 11.4 Å². The van der Waals surface area contributed by atoms with E-state index in [2.05, 4.69) is 26.1 Å². The van der Waals surface area contributed by atoms with E-state index in [1.165, 1.54) is 4.90 Å². The van der Waals surface area contributed by atoms with Crippen molar-refractivity contribution in [3.8, 4) is 17.1 Å². The summed E-state index contributed by atoms with van der Waals surface area (Å²) >= 11 is 3.38. The number of amides is 1. The number of aromatic nitrogens is 2. The topological polar surface area (TPSA) is 94.8 Å². The molecular formula is C19H14BrN3O5. The number of fused-ring (bicyclic) bond motifs is 1. The molecule has 0 spiro atoms. The molecule has 3 aromatic rings. The molecule has 0 N–H and O–H groups in total. The Labute approximate surface area is 168 Å². The summed E-state index contributed by atoms with van der Waals surface area (Å²) in [5.41, 5.74) is 1.30. The Hall–Kier alpha value is -3.20. The van der Waals surface area contributed by atoms with Crippen LogP contribution in [0.1, 0.15) is 5.89 Å². The Morgan fingerprint density at radius 2 is 2.07 bits per heavy atom. The molecule has 1 aromatic heterocycles. The summed E-state index contributed by atoms with van der Waals surface area (Å²) in [6.45, 7) is -0.532. The maximum Gasteiger partial charge on any atom is 0.326 e. The number of hydrogen-bond acceptors (Lipinski definition) is 7. The number of carbonyl (C=O) groups excluding carboxylic acids is 2. The van der Waals surface area contributed by atoms with Gasteiger partial charge in [0, 0.05) is 10.0 Å². The third kappa shape index (κ3) is 3.89. The molecule has 0 saturated carbocycles. The number of hydrogen-bond donors (Lipinski definition) is 0. The van der Waals surface area contributed by atoms with Crippen molar-refractivity contribution in [3.63, 3.8) is 0 Å². The minimum Gasteiger partial charge on any atom is -0.482 e. The molecular weight excluding hydrogens is 430 g/mol. The van der Waals surface area contributed by atoms with E-state index in [1.54, 1.807) is 24.3 Å². The van der Waals surface area contributed by atoms with Crippen LogP contribution >= 0.6 is 15.9 Å². The van der Waals surface area contributed by atoms with Crippen LogP contribution < -0.4 is 9.64 Å². The first kappa shape index (κ1) is 18.2. The lowest BCUT2D eigenvalue weighted by molar-refractivity contribution is -0.145. The lowest BCUT2D eigenvalue weighted by Crippen LogP contribution is -2.42. The largest absolute Gasteiger partial charge is 0.482 e. The maximum atomic E-state index is 12.2. The van der Waals surface area contributed by atoms with Crippen LogP contribution in [-0.4, -0.2) is 35.2 Å². The van der Waals surface area contributed by atoms with Gasteiger partial charge in [-0.25, -0.2) is 0 Å². The second-order valence-corrected chi connectivity index (χ2v) is 6.83. The van der Waals surface area contributed by atoms with Crippen LogP contribution in [0.2, 0.25) is 0 Å². The van der Waals surface area contributed by atoms with Crippen molar-refractivity contribution in [2.24, 2.45) is 0 Å². The zero-order chi connectivity index (χ0) is 19.5. The molecule has 0 aliphatic carbocycles. The van der Waals surface area contributed by atoms with Gasteiger partial charge in [-0.1, -0.05) is 45.4 Å². The lowest BCUT2D eigenvalue weighted by atomic mass is 10.2. The van der Waals surface area contributed by atoms with E-state index in [0.717, 1.165) is 10.0 Å². The van der Waals surface area contributed by atoms with Crippen molar-refractivity contribution in [3.05, 3.63) is 58.9 Å². The molecule has 2 heterocycles. The number of anilines is 1. The molecule has 1 aliphatic heterocycles. The predicted octanol–water partition coefficient (Wildman–Crippen LogP) is 2.97. The molecule has 4 rings (SSSR count). The summed E-state index contributed by atoms with van der Waals surface area (Å²) in [6.07, 6.45) is 0. The second-order valence-electron chi connectivity index (χ2n) is 5.92. The highest BCUT2D eigenvalue weighted by Gasteiger charge is 2.27. The summed E-state index contributed by atoms with van der Waals surface area (Å²) in [5, 5.41) is 3.88. The summed E-state index contributed by atoms with van der Waals surface area (Å²) in [5.74, 6) is 0.199. The van der Waals surface area contributed by atoms with E-state index < -0.39 is 5.97 Å². The highest BCUT2D eigenvalue weighted by Crippen LogP contribution is 2.31. The van der Waals surface area contributed by atoms with E-state index in [0.29, 0.717) is 17.3 Å². The first-order valence-electron chi connectivity index (χ1n) is 8.36. The Morgan fingerprint density at radius 1 is 1.21 bits per heavy atom. The normalized spacial score (nSPS) is 13.0. The summed E-state index contributed by atoms with van der Waals surface area (Å²) in [7, 11) is 0. The fourth-order valence-electron chi connectivity index (χ4n) is 2.70. The van der Waals surface area contributed by atoms with Crippen molar-refractivity contribution in [2.75, 3.05) is 18.1 Å². The molecule has 8 nitrogen and oxygen atoms in total. The minimum absolute atomic E-state index is 0.121. The van der Waals surface area contributed by atoms with Crippen molar-refractivity contribution < 1.29 is 23.6 Å². The Kier molecular flexibility index (Phi) is 5.07. The molecule has 0 atom stereocenters. The summed E-state index contributed by atoms with van der Waals surface area (Å²) in [4.78, 5) is 29.9. The highest BCUT2D eigenvalue weighted by molar-refractivity contribution is 9.10. The van der Waals surface area contributed by atoms with Gasteiger partial charge in [0.05, 0.1) is 5.69 Å². The average molecular weight is 444 g/mol. The number of esters is 1. The second kappa shape index (κ2) is 7.81. The maximum absolute atomic E-state index is 12.2. The van der Waals surface area contributed by atoms with E-state index in [1.807, 2.05) is 24.3 Å². The molecule has 0 unspecified atom stereocenters. The predicted molar refractivity (Wildman–Crippen MR) is 102 cm³/mol. The monoisotopic (exact) mass is 443 g/mol. The van der Waals surface area contributed by atoms with Crippen LogP contribution in [0, 0.1) is 0 Å². The van der Waals surface area contributed by atoms with Crippen molar-refractivity contribution in [2.45, 2.75) is 6.61 Å². The number of carbonyl (C=O) groups is 2. The Morgan fingerprint density at radius 3 is 2.93 bits per heavy atom. The summed E-state index contributed by atoms with van der Waals surface area (Å²) in [6, 6.07) is 14.4. The number of halogens is 1. The van der Waals surface area contributed by atoms with Gasteiger partial charge in [0.15, 0.2) is 13.2 Å². The minimum atomic E-state index is -0.591. The van der Waals surface area contributed by atoms with Crippen LogP contribution in [0.3, 0.4) is 0 Å². The number of ether oxygens (including phenoxy) is 2. The van der Waals surface area contributed by atoms with Gasteiger partial charge in [-0.05, 0) is 24.3 Å². The molecule has 1 aliphatic rings. The molecule has 28 heavy (non-hydrogen) atoms. The SMILES string of the molecule is O=C(CN1C(=O)COc2ccccc21)OCc1nc(-c2cccc(Br)c2)no1. The fourth-order valence-corrected chi connectivity index (χ4v) is 3.10. The Bertz CT molecular complexity index is 1040. The lowest BCUT2D eigenvalue weighted by Gasteiger charge is -2.28. The number of nitrogens with zero attached hydrogens (tertiary/aromatic N) is 3. The van der Waals surface area contributed by atoms with Crippen molar-refractivity contribution in [1.82, 2.24) is 10.1 Å². The van der Waals surface area contributed by atoms with Gasteiger partial charge in [-0.2, -0.15) is 4.98 Å². The molecule has 0 saturated heterocycles. The van der Waals surface area contributed by atoms with Gasteiger partial charge < -0.3 is 14.0 Å². The van der Waals surface area contributed by atoms with Gasteiger partial charge >= 0.3 is 5.97 Å². The van der Waals surface area contributed by atoms with E-state index in [4.69, 9.17) is 14.0 Å². The first-order valence-corrected chi connectivity index (χ1v) is 9.16. The molecule has 2 aromatic carbocycles. The average Bonchev–Trinajstić information content (AvgIpc) is 3.18. The van der Waals surface area contributed by atoms with E-state index in [9.17, 15) is 9.59 Å². The van der Waals surface area contributed by atoms with Crippen LogP contribution in [0.5, 0.6) is 5.75 Å². The molecule has 0 fully saturated rings. The zero-order valence-corrected chi connectivity index (χ0v) is 16.1. The van der Waals surface area contributed by atoms with Gasteiger partial charge in [0.25, 0.3) is 11.8 Å². The van der Waals surface area contributed by atoms with Crippen LogP contribution in [0.15, 0.2) is 57.5 Å². The van der Waals surface area contributed by atoms with Crippen molar-refractivity contribution >= 4 is 33.5 Å². The van der Waals surface area contributed by atoms with Gasteiger partial charge in [-0.15, -0.1) is 0 Å². The van der Waals surface area contributed by atoms with E-state index >= 15 is 0 Å². The third-order valence-corrected chi connectivity index (χ3v) is 4.50. The fraction of sp³-hybridized carbons (Fsp3) is 0.158. The molecule has 0 bridgehead atoms. The molecule has 0 radical (unpaired) electrons. The molecule has 9 heteroatoms. The van der Waals surface area contributed by atoms with Crippen LogP contribution in [-0.2, 0) is 20.9 Å². The smallest absolute Gasteiger partial charge is 0.326 e. The number of benzene rings is 2. The van der Waals surface area contributed by atoms with Gasteiger partial charge in [-0.3, -0.25) is 14.5 Å². The zero-order valence-electron chi connectivity index (χ0n) is 14.5. The quantitative estimate of drug-likeness (QED) is 0.559. The van der Waals surface area contributed by atoms with Gasteiger partial charge in [0.2, 0.25) is 5.82 Å². The molecule has 142 valence electrons. The number of para-hydroxylation sites is 2. The van der Waals surface area contributed by atoms with E-state index in [-0.39, 0.29) is 31.6 Å². The van der Waals surface area contributed by atoms with Crippen LogP contribution in [0.4, 0.5) is 5.69 Å². The number of rotatable bonds is 5.